The number of rotatable bonds is 4. The highest BCUT2D eigenvalue weighted by molar-refractivity contribution is 6.33. The van der Waals surface area contributed by atoms with Crippen molar-refractivity contribution in [2.24, 2.45) is 0 Å². The first kappa shape index (κ1) is 15.0. The summed E-state index contributed by atoms with van der Waals surface area (Å²) in [6, 6.07) is 5.86. The monoisotopic (exact) mass is 284 g/mol. The number of aromatic nitrogens is 3. The van der Waals surface area contributed by atoms with Crippen LogP contribution in [0, 0.1) is 0 Å². The first-order chi connectivity index (χ1) is 8.65. The van der Waals surface area contributed by atoms with Gasteiger partial charge < -0.3 is 14.7 Å². The van der Waals surface area contributed by atoms with Gasteiger partial charge in [0.25, 0.3) is 5.91 Å². The van der Waals surface area contributed by atoms with Gasteiger partial charge in [0.2, 0.25) is 0 Å². The Kier molecular flexibility index (Phi) is 5.30. The van der Waals surface area contributed by atoms with E-state index in [4.69, 9.17) is 10.0 Å². The van der Waals surface area contributed by atoms with Crippen LogP contribution in [-0.2, 0) is 0 Å². The second kappa shape index (κ2) is 6.73. The molecule has 2 aromatic rings. The number of amides is 1. The van der Waals surface area contributed by atoms with Crippen molar-refractivity contribution in [3.63, 3.8) is 0 Å². The summed E-state index contributed by atoms with van der Waals surface area (Å²) in [4.78, 5) is 11.7. The standard InChI is InChI=1S/C9H9BN4O4.ClH/c15-9(13-14-5-11-12-6-14)7-1-3-8(4-2-7)18-10(16)17;/h1-6,16-17H,(H,13,15);1H. The van der Waals surface area contributed by atoms with Gasteiger partial charge in [-0.1, -0.05) is 0 Å². The van der Waals surface area contributed by atoms with Gasteiger partial charge in [0, 0.05) is 5.56 Å². The molecule has 0 saturated heterocycles. The Labute approximate surface area is 114 Å². The molecule has 1 heterocycles. The number of halogens is 1. The number of carbonyl (C=O) groups excluding carboxylic acids is 1. The average molecular weight is 284 g/mol. The summed E-state index contributed by atoms with van der Waals surface area (Å²) in [5.41, 5.74) is 2.89. The molecule has 1 aromatic carbocycles. The van der Waals surface area contributed by atoms with Gasteiger partial charge in [-0.15, -0.1) is 22.6 Å². The smallest absolute Gasteiger partial charge is 0.512 e. The summed E-state index contributed by atoms with van der Waals surface area (Å²) in [6.07, 6.45) is 2.69. The minimum absolute atomic E-state index is 0. The Morgan fingerprint density at radius 2 is 1.79 bits per heavy atom. The number of hydrogen-bond donors (Lipinski definition) is 3. The van der Waals surface area contributed by atoms with Gasteiger partial charge in [-0.05, 0) is 24.3 Å². The van der Waals surface area contributed by atoms with Crippen molar-refractivity contribution < 1.29 is 19.5 Å². The van der Waals surface area contributed by atoms with Crippen LogP contribution >= 0.6 is 12.4 Å². The van der Waals surface area contributed by atoms with Crippen molar-refractivity contribution in [1.82, 2.24) is 14.9 Å². The fraction of sp³-hybridized carbons (Fsp3) is 0. The Morgan fingerprint density at radius 1 is 1.21 bits per heavy atom. The molecule has 0 unspecified atom stereocenters. The molecule has 0 aliphatic rings. The molecule has 0 bridgehead atoms. The van der Waals surface area contributed by atoms with Crippen LogP contribution in [0.4, 0.5) is 0 Å². The van der Waals surface area contributed by atoms with Gasteiger partial charge >= 0.3 is 7.32 Å². The molecular weight excluding hydrogens is 274 g/mol. The molecule has 2 rings (SSSR count). The van der Waals surface area contributed by atoms with E-state index >= 15 is 0 Å². The van der Waals surface area contributed by atoms with E-state index in [1.165, 1.54) is 41.6 Å². The van der Waals surface area contributed by atoms with Gasteiger partial charge in [0.15, 0.2) is 0 Å². The lowest BCUT2D eigenvalue weighted by Crippen LogP contribution is -2.22. The molecule has 0 fully saturated rings. The lowest BCUT2D eigenvalue weighted by atomic mass is 10.2. The molecule has 0 saturated carbocycles. The molecule has 19 heavy (non-hydrogen) atoms. The molecule has 3 N–H and O–H groups in total. The molecule has 0 atom stereocenters. The highest BCUT2D eigenvalue weighted by Crippen LogP contribution is 2.12. The van der Waals surface area contributed by atoms with E-state index < -0.39 is 7.32 Å². The van der Waals surface area contributed by atoms with Crippen LogP contribution in [-0.4, -0.2) is 38.1 Å². The first-order valence-corrected chi connectivity index (χ1v) is 4.94. The van der Waals surface area contributed by atoms with Gasteiger partial charge in [-0.3, -0.25) is 10.2 Å². The third-order valence-electron chi connectivity index (χ3n) is 2.01. The van der Waals surface area contributed by atoms with Crippen LogP contribution < -0.4 is 10.1 Å². The number of hydrogen-bond acceptors (Lipinski definition) is 6. The van der Waals surface area contributed by atoms with Gasteiger partial charge in [-0.25, -0.2) is 4.68 Å². The van der Waals surface area contributed by atoms with Crippen molar-refractivity contribution >= 4 is 25.6 Å². The molecule has 8 nitrogen and oxygen atoms in total. The maximum absolute atomic E-state index is 11.7. The predicted octanol–water partition coefficient (Wildman–Crippen LogP) is -0.568. The van der Waals surface area contributed by atoms with E-state index in [2.05, 4.69) is 20.3 Å². The Morgan fingerprint density at radius 3 is 2.32 bits per heavy atom. The molecule has 0 radical (unpaired) electrons. The van der Waals surface area contributed by atoms with Crippen LogP contribution in [0.15, 0.2) is 36.9 Å². The van der Waals surface area contributed by atoms with E-state index in [1.807, 2.05) is 0 Å². The Bertz CT molecular complexity index is 520. The molecule has 1 aromatic heterocycles. The minimum atomic E-state index is -1.89. The summed E-state index contributed by atoms with van der Waals surface area (Å²) in [5, 5.41) is 24.3. The number of nitrogens with one attached hydrogen (secondary N) is 1. The fourth-order valence-electron chi connectivity index (χ4n) is 1.25. The summed E-state index contributed by atoms with van der Waals surface area (Å²) < 4.78 is 5.92. The van der Waals surface area contributed by atoms with Crippen molar-refractivity contribution in [3.05, 3.63) is 42.5 Å². The SMILES string of the molecule is Cl.O=C(Nn1cnnc1)c1ccc(OB(O)O)cc1. The summed E-state index contributed by atoms with van der Waals surface area (Å²) in [6.45, 7) is 0. The third-order valence-corrected chi connectivity index (χ3v) is 2.01. The highest BCUT2D eigenvalue weighted by Gasteiger charge is 2.12. The summed E-state index contributed by atoms with van der Waals surface area (Å²) in [7, 11) is -1.89. The minimum Gasteiger partial charge on any atom is -0.512 e. The lowest BCUT2D eigenvalue weighted by Gasteiger charge is -2.06. The zero-order valence-corrected chi connectivity index (χ0v) is 10.3. The van der Waals surface area contributed by atoms with Gasteiger partial charge in [-0.2, -0.15) is 0 Å². The third kappa shape index (κ3) is 4.25. The van der Waals surface area contributed by atoms with Crippen molar-refractivity contribution in [2.75, 3.05) is 5.43 Å². The topological polar surface area (TPSA) is 110 Å². The van der Waals surface area contributed by atoms with Crippen molar-refractivity contribution in [1.29, 1.82) is 0 Å². The quantitative estimate of drug-likeness (QED) is 0.649. The van der Waals surface area contributed by atoms with Crippen LogP contribution in [0.1, 0.15) is 10.4 Å². The molecule has 1 amide bonds. The van der Waals surface area contributed by atoms with Crippen LogP contribution in [0.5, 0.6) is 5.75 Å². The van der Waals surface area contributed by atoms with Gasteiger partial charge in [0.05, 0.1) is 0 Å². The van der Waals surface area contributed by atoms with Crippen LogP contribution in [0.25, 0.3) is 0 Å². The van der Waals surface area contributed by atoms with Crippen molar-refractivity contribution in [3.8, 4) is 5.75 Å². The lowest BCUT2D eigenvalue weighted by molar-refractivity contribution is 0.101. The number of nitrogens with zero attached hydrogens (tertiary/aromatic N) is 3. The summed E-state index contributed by atoms with van der Waals surface area (Å²) in [5.74, 6) is -0.114. The molecule has 0 aliphatic heterocycles. The predicted molar refractivity (Wildman–Crippen MR) is 68.2 cm³/mol. The molecule has 0 aliphatic carbocycles. The summed E-state index contributed by atoms with van der Waals surface area (Å²) >= 11 is 0. The average Bonchev–Trinajstić information content (AvgIpc) is 2.82. The van der Waals surface area contributed by atoms with E-state index in [0.29, 0.717) is 5.56 Å². The van der Waals surface area contributed by atoms with Crippen LogP contribution in [0.2, 0.25) is 0 Å². The maximum Gasteiger partial charge on any atom is 0.707 e. The second-order valence-corrected chi connectivity index (χ2v) is 3.28. The normalized spacial score (nSPS) is 9.37. The molecular formula is C9H10BClN4O4. The molecule has 0 spiro atoms. The molecule has 10 heteroatoms. The van der Waals surface area contributed by atoms with E-state index in [0.717, 1.165) is 0 Å². The maximum atomic E-state index is 11.7. The van der Waals surface area contributed by atoms with E-state index in [1.54, 1.807) is 0 Å². The van der Waals surface area contributed by atoms with E-state index in [9.17, 15) is 4.79 Å². The first-order valence-electron chi connectivity index (χ1n) is 4.94. The Hall–Kier alpha value is -2.10. The van der Waals surface area contributed by atoms with E-state index in [-0.39, 0.29) is 24.1 Å². The molecule has 100 valence electrons. The van der Waals surface area contributed by atoms with Gasteiger partial charge in [0.1, 0.15) is 18.4 Å². The fourth-order valence-corrected chi connectivity index (χ4v) is 1.25. The van der Waals surface area contributed by atoms with Crippen molar-refractivity contribution in [2.45, 2.75) is 0 Å². The number of carbonyl (C=O) groups is 1. The zero-order valence-electron chi connectivity index (χ0n) is 9.50. The zero-order chi connectivity index (χ0) is 13.0. The van der Waals surface area contributed by atoms with Crippen LogP contribution in [0.3, 0.4) is 0 Å². The largest absolute Gasteiger partial charge is 0.707 e. The Balaban J connectivity index is 0.00000180. The highest BCUT2D eigenvalue weighted by atomic mass is 35.5. The second-order valence-electron chi connectivity index (χ2n) is 3.28. The number of benzene rings is 1.